The summed E-state index contributed by atoms with van der Waals surface area (Å²) >= 11 is 5.82. The Morgan fingerprint density at radius 2 is 2.16 bits per heavy atom. The highest BCUT2D eigenvalue weighted by Crippen LogP contribution is 2.27. The standard InChI is InChI=1S/C13H17ClN2O3/c14-11-5-9(13(18)19)6-12(16-11)15-10-4-2-1-3-8(10)7-17/h5-6,8,10,17H,1-4,7H2,(H,15,16)(H,18,19). The Hall–Kier alpha value is -1.33. The van der Waals surface area contributed by atoms with Crippen LogP contribution in [0.4, 0.5) is 5.82 Å². The fourth-order valence-electron chi connectivity index (χ4n) is 2.50. The summed E-state index contributed by atoms with van der Waals surface area (Å²) in [6.45, 7) is 0.129. The second kappa shape index (κ2) is 6.21. The van der Waals surface area contributed by atoms with Gasteiger partial charge in [0.05, 0.1) is 5.56 Å². The van der Waals surface area contributed by atoms with Crippen molar-refractivity contribution >= 4 is 23.4 Å². The number of nitrogens with one attached hydrogen (secondary N) is 1. The van der Waals surface area contributed by atoms with Gasteiger partial charge in [0.2, 0.25) is 0 Å². The molecule has 0 bridgehead atoms. The molecule has 2 rings (SSSR count). The first-order chi connectivity index (χ1) is 9.10. The Bertz CT molecular complexity index is 467. The zero-order valence-corrected chi connectivity index (χ0v) is 11.2. The lowest BCUT2D eigenvalue weighted by Crippen LogP contribution is -2.34. The first kappa shape index (κ1) is 14.1. The fourth-order valence-corrected chi connectivity index (χ4v) is 2.71. The van der Waals surface area contributed by atoms with E-state index in [4.69, 9.17) is 16.7 Å². The van der Waals surface area contributed by atoms with Gasteiger partial charge < -0.3 is 15.5 Å². The SMILES string of the molecule is O=C(O)c1cc(Cl)nc(NC2CCCCC2CO)c1. The number of pyridine rings is 1. The van der Waals surface area contributed by atoms with E-state index >= 15 is 0 Å². The molecule has 1 fully saturated rings. The topological polar surface area (TPSA) is 82.5 Å². The normalized spacial score (nSPS) is 23.1. The number of rotatable bonds is 4. The van der Waals surface area contributed by atoms with Crippen molar-refractivity contribution in [2.24, 2.45) is 5.92 Å². The monoisotopic (exact) mass is 284 g/mol. The molecule has 0 radical (unpaired) electrons. The van der Waals surface area contributed by atoms with E-state index in [2.05, 4.69) is 10.3 Å². The fraction of sp³-hybridized carbons (Fsp3) is 0.538. The van der Waals surface area contributed by atoms with E-state index in [1.165, 1.54) is 12.1 Å². The van der Waals surface area contributed by atoms with Crippen LogP contribution in [0.25, 0.3) is 0 Å². The predicted molar refractivity (Wildman–Crippen MR) is 72.7 cm³/mol. The Morgan fingerprint density at radius 3 is 2.84 bits per heavy atom. The number of aromatic nitrogens is 1. The lowest BCUT2D eigenvalue weighted by atomic mass is 9.85. The molecule has 1 heterocycles. The lowest BCUT2D eigenvalue weighted by Gasteiger charge is -2.31. The van der Waals surface area contributed by atoms with Crippen LogP contribution in [-0.2, 0) is 0 Å². The van der Waals surface area contributed by atoms with Gasteiger partial charge in [0, 0.05) is 18.6 Å². The van der Waals surface area contributed by atoms with Gasteiger partial charge in [0.15, 0.2) is 0 Å². The van der Waals surface area contributed by atoms with Crippen molar-refractivity contribution in [2.75, 3.05) is 11.9 Å². The summed E-state index contributed by atoms with van der Waals surface area (Å²) in [6, 6.07) is 2.91. The largest absolute Gasteiger partial charge is 0.478 e. The molecule has 1 saturated carbocycles. The zero-order valence-electron chi connectivity index (χ0n) is 10.5. The zero-order chi connectivity index (χ0) is 13.8. The van der Waals surface area contributed by atoms with Gasteiger partial charge in [-0.25, -0.2) is 9.78 Å². The number of halogens is 1. The van der Waals surface area contributed by atoms with Crippen molar-refractivity contribution in [3.8, 4) is 0 Å². The van der Waals surface area contributed by atoms with Crippen LogP contribution in [0.5, 0.6) is 0 Å². The molecule has 3 N–H and O–H groups in total. The van der Waals surface area contributed by atoms with E-state index in [0.29, 0.717) is 5.82 Å². The molecular weight excluding hydrogens is 268 g/mol. The highest BCUT2D eigenvalue weighted by molar-refractivity contribution is 6.29. The summed E-state index contributed by atoms with van der Waals surface area (Å²) in [5, 5.41) is 21.7. The molecule has 104 valence electrons. The van der Waals surface area contributed by atoms with Gasteiger partial charge in [0.1, 0.15) is 11.0 Å². The van der Waals surface area contributed by atoms with E-state index in [1.54, 1.807) is 0 Å². The molecule has 0 amide bonds. The molecule has 1 aromatic heterocycles. The second-order valence-electron chi connectivity index (χ2n) is 4.85. The molecule has 5 nitrogen and oxygen atoms in total. The van der Waals surface area contributed by atoms with Crippen LogP contribution < -0.4 is 5.32 Å². The van der Waals surface area contributed by atoms with E-state index in [9.17, 15) is 9.90 Å². The van der Waals surface area contributed by atoms with Crippen molar-refractivity contribution in [3.63, 3.8) is 0 Å². The molecule has 6 heteroatoms. The number of hydrogen-bond donors (Lipinski definition) is 3. The molecule has 2 unspecified atom stereocenters. The highest BCUT2D eigenvalue weighted by atomic mass is 35.5. The third-order valence-corrected chi connectivity index (χ3v) is 3.71. The Labute approximate surface area is 116 Å². The third kappa shape index (κ3) is 3.58. The van der Waals surface area contributed by atoms with Crippen molar-refractivity contribution < 1.29 is 15.0 Å². The maximum Gasteiger partial charge on any atom is 0.335 e. The maximum atomic E-state index is 11.0. The highest BCUT2D eigenvalue weighted by Gasteiger charge is 2.24. The molecular formula is C13H17ClN2O3. The number of aromatic carboxylic acids is 1. The Kier molecular flexibility index (Phi) is 4.61. The second-order valence-corrected chi connectivity index (χ2v) is 5.23. The van der Waals surface area contributed by atoms with E-state index in [-0.39, 0.29) is 29.3 Å². The van der Waals surface area contributed by atoms with Crippen molar-refractivity contribution in [2.45, 2.75) is 31.7 Å². The first-order valence-corrected chi connectivity index (χ1v) is 6.76. The Balaban J connectivity index is 2.15. The number of aliphatic hydroxyl groups excluding tert-OH is 1. The summed E-state index contributed by atoms with van der Waals surface area (Å²) < 4.78 is 0. The van der Waals surface area contributed by atoms with E-state index < -0.39 is 5.97 Å². The lowest BCUT2D eigenvalue weighted by molar-refractivity contribution is 0.0696. The van der Waals surface area contributed by atoms with Gasteiger partial charge >= 0.3 is 5.97 Å². The molecule has 1 aromatic rings. The van der Waals surface area contributed by atoms with Crippen LogP contribution in [0.15, 0.2) is 12.1 Å². The number of hydrogen-bond acceptors (Lipinski definition) is 4. The molecule has 2 atom stereocenters. The number of aliphatic hydroxyl groups is 1. The average Bonchev–Trinajstić information content (AvgIpc) is 2.38. The number of nitrogens with zero attached hydrogens (tertiary/aromatic N) is 1. The van der Waals surface area contributed by atoms with Crippen molar-refractivity contribution in [1.82, 2.24) is 4.98 Å². The van der Waals surface area contributed by atoms with Crippen LogP contribution in [0.1, 0.15) is 36.0 Å². The van der Waals surface area contributed by atoms with Gasteiger partial charge in [0.25, 0.3) is 0 Å². The summed E-state index contributed by atoms with van der Waals surface area (Å²) in [5.74, 6) is -0.396. The molecule has 19 heavy (non-hydrogen) atoms. The van der Waals surface area contributed by atoms with Gasteiger partial charge in [-0.1, -0.05) is 24.4 Å². The third-order valence-electron chi connectivity index (χ3n) is 3.52. The minimum atomic E-state index is -1.03. The number of carboxylic acid groups (broad SMARTS) is 1. The Morgan fingerprint density at radius 1 is 1.42 bits per heavy atom. The molecule has 1 aliphatic carbocycles. The van der Waals surface area contributed by atoms with E-state index in [1.807, 2.05) is 0 Å². The number of carbonyl (C=O) groups is 1. The molecule has 0 spiro atoms. The number of carboxylic acids is 1. The van der Waals surface area contributed by atoms with Gasteiger partial charge in [-0.2, -0.15) is 0 Å². The molecule has 0 saturated heterocycles. The average molecular weight is 285 g/mol. The van der Waals surface area contributed by atoms with Crippen molar-refractivity contribution in [1.29, 1.82) is 0 Å². The van der Waals surface area contributed by atoms with Gasteiger partial charge in [-0.3, -0.25) is 0 Å². The van der Waals surface area contributed by atoms with Crippen molar-refractivity contribution in [3.05, 3.63) is 22.8 Å². The first-order valence-electron chi connectivity index (χ1n) is 6.38. The molecule has 1 aliphatic rings. The summed E-state index contributed by atoms with van der Waals surface area (Å²) in [5.41, 5.74) is 0.110. The van der Waals surface area contributed by atoms with Crippen LogP contribution >= 0.6 is 11.6 Å². The summed E-state index contributed by atoms with van der Waals surface area (Å²) in [7, 11) is 0. The quantitative estimate of drug-likeness (QED) is 0.740. The van der Waals surface area contributed by atoms with Crippen LogP contribution in [0, 0.1) is 5.92 Å². The molecule has 0 aliphatic heterocycles. The smallest absolute Gasteiger partial charge is 0.335 e. The molecule has 0 aromatic carbocycles. The van der Waals surface area contributed by atoms with Crippen LogP contribution in [0.2, 0.25) is 5.15 Å². The minimum Gasteiger partial charge on any atom is -0.478 e. The van der Waals surface area contributed by atoms with Crippen LogP contribution in [-0.4, -0.2) is 33.8 Å². The van der Waals surface area contributed by atoms with Crippen LogP contribution in [0.3, 0.4) is 0 Å². The number of anilines is 1. The maximum absolute atomic E-state index is 11.0. The minimum absolute atomic E-state index is 0.110. The van der Waals surface area contributed by atoms with Gasteiger partial charge in [-0.05, 0) is 25.0 Å². The van der Waals surface area contributed by atoms with E-state index in [0.717, 1.165) is 25.7 Å². The predicted octanol–water partition coefficient (Wildman–Crippen LogP) is 2.40. The van der Waals surface area contributed by atoms with Gasteiger partial charge in [-0.15, -0.1) is 0 Å². The summed E-state index contributed by atoms with van der Waals surface area (Å²) in [4.78, 5) is 15.1. The summed E-state index contributed by atoms with van der Waals surface area (Å²) in [6.07, 6.45) is 4.13.